The molecule has 0 aliphatic rings. The van der Waals surface area contributed by atoms with Crippen LogP contribution in [0.4, 0.5) is 13.2 Å². The predicted octanol–water partition coefficient (Wildman–Crippen LogP) is 1.93. The Bertz CT molecular complexity index is 543. The summed E-state index contributed by atoms with van der Waals surface area (Å²) in [6, 6.07) is 6.55. The Morgan fingerprint density at radius 1 is 1.18 bits per heavy atom. The van der Waals surface area contributed by atoms with Crippen LogP contribution < -0.4 is 5.32 Å². The van der Waals surface area contributed by atoms with E-state index in [0.29, 0.717) is 5.56 Å². The second-order valence-corrected chi connectivity index (χ2v) is 4.43. The average Bonchev–Trinajstić information content (AvgIpc) is 2.46. The Kier molecular flexibility index (Phi) is 6.09. The molecule has 0 spiro atoms. The van der Waals surface area contributed by atoms with Gasteiger partial charge in [0.1, 0.15) is 12.2 Å². The summed E-state index contributed by atoms with van der Waals surface area (Å²) in [5, 5.41) is 1.76. The molecule has 22 heavy (non-hydrogen) atoms. The summed E-state index contributed by atoms with van der Waals surface area (Å²) in [7, 11) is 1.09. The van der Waals surface area contributed by atoms with Gasteiger partial charge in [-0.05, 0) is 5.56 Å². The number of Topliss-reactive ketones (excluding diaryl/α,β-unsaturated/α-hetero) is 1. The average molecular weight is 317 g/mol. The van der Waals surface area contributed by atoms with E-state index in [1.807, 2.05) is 0 Å². The monoisotopic (exact) mass is 317 g/mol. The van der Waals surface area contributed by atoms with Crippen molar-refractivity contribution in [2.24, 2.45) is 0 Å². The second-order valence-electron chi connectivity index (χ2n) is 4.43. The largest absolute Gasteiger partial charge is 0.471 e. The molecule has 1 N–H and O–H groups in total. The number of ketones is 1. The number of hydrogen-bond donors (Lipinski definition) is 1. The fraction of sp³-hybridized carbons (Fsp3) is 0.357. The zero-order valence-electron chi connectivity index (χ0n) is 11.6. The fourth-order valence-electron chi connectivity index (χ4n) is 1.71. The molecule has 8 heteroatoms. The van der Waals surface area contributed by atoms with Crippen LogP contribution in [0.15, 0.2) is 30.3 Å². The van der Waals surface area contributed by atoms with Gasteiger partial charge in [0.25, 0.3) is 0 Å². The molecule has 1 amide bonds. The lowest BCUT2D eigenvalue weighted by molar-refractivity contribution is -0.174. The van der Waals surface area contributed by atoms with Crippen LogP contribution in [0, 0.1) is 0 Å². The van der Waals surface area contributed by atoms with E-state index < -0.39 is 42.7 Å². The highest BCUT2D eigenvalue weighted by Crippen LogP contribution is 2.21. The van der Waals surface area contributed by atoms with Gasteiger partial charge in [-0.15, -0.1) is 0 Å². The standard InChI is InChI=1S/C14H14F3NO4/c1-22-12(20)8-10(19)7-11(9-5-3-2-4-6-9)18-13(21)14(15,16)17/h2-6,11H,7-8H2,1H3,(H,18,21). The lowest BCUT2D eigenvalue weighted by Crippen LogP contribution is -2.40. The van der Waals surface area contributed by atoms with Gasteiger partial charge in [-0.2, -0.15) is 13.2 Å². The second kappa shape index (κ2) is 7.58. The van der Waals surface area contributed by atoms with Crippen LogP contribution in [0.5, 0.6) is 0 Å². The number of methoxy groups -OCH3 is 1. The summed E-state index contributed by atoms with van der Waals surface area (Å²) in [5.74, 6) is -3.57. The third-order valence-corrected chi connectivity index (χ3v) is 2.77. The summed E-state index contributed by atoms with van der Waals surface area (Å²) in [6.07, 6.45) is -6.07. The summed E-state index contributed by atoms with van der Waals surface area (Å²) in [4.78, 5) is 33.8. The molecule has 1 aromatic rings. The Morgan fingerprint density at radius 3 is 2.27 bits per heavy atom. The molecular formula is C14H14F3NO4. The highest BCUT2D eigenvalue weighted by Gasteiger charge is 2.40. The first-order chi connectivity index (χ1) is 10.2. The number of rotatable bonds is 6. The summed E-state index contributed by atoms with van der Waals surface area (Å²) in [6.45, 7) is 0. The van der Waals surface area contributed by atoms with Crippen LogP contribution in [-0.4, -0.2) is 30.9 Å². The molecule has 0 aliphatic heterocycles. The van der Waals surface area contributed by atoms with Crippen LogP contribution in [0.25, 0.3) is 0 Å². The molecule has 0 heterocycles. The summed E-state index contributed by atoms with van der Waals surface area (Å²) < 4.78 is 41.4. The van der Waals surface area contributed by atoms with Gasteiger partial charge in [0.2, 0.25) is 0 Å². The number of esters is 1. The van der Waals surface area contributed by atoms with E-state index in [-0.39, 0.29) is 0 Å². The molecule has 0 bridgehead atoms. The SMILES string of the molecule is COC(=O)CC(=O)CC(NC(=O)C(F)(F)F)c1ccccc1. The normalized spacial score (nSPS) is 12.4. The van der Waals surface area contributed by atoms with Crippen molar-refractivity contribution >= 4 is 17.7 Å². The number of carbonyl (C=O) groups is 3. The van der Waals surface area contributed by atoms with Gasteiger partial charge >= 0.3 is 18.1 Å². The number of ether oxygens (including phenoxy) is 1. The minimum atomic E-state index is -5.06. The molecule has 0 saturated heterocycles. The number of amides is 1. The molecule has 1 aromatic carbocycles. The fourth-order valence-corrected chi connectivity index (χ4v) is 1.71. The van der Waals surface area contributed by atoms with Crippen molar-refractivity contribution in [3.05, 3.63) is 35.9 Å². The smallest absolute Gasteiger partial charge is 0.469 e. The first-order valence-electron chi connectivity index (χ1n) is 6.25. The van der Waals surface area contributed by atoms with Gasteiger partial charge in [-0.25, -0.2) is 0 Å². The van der Waals surface area contributed by atoms with Gasteiger partial charge in [0, 0.05) is 6.42 Å². The maximum atomic E-state index is 12.4. The third kappa shape index (κ3) is 5.55. The van der Waals surface area contributed by atoms with E-state index >= 15 is 0 Å². The quantitative estimate of drug-likeness (QED) is 0.643. The first kappa shape index (κ1) is 17.7. The molecule has 0 saturated carbocycles. The molecule has 0 aromatic heterocycles. The topological polar surface area (TPSA) is 72.5 Å². The molecule has 120 valence electrons. The first-order valence-corrected chi connectivity index (χ1v) is 6.25. The molecule has 1 unspecified atom stereocenters. The molecule has 0 aliphatic carbocycles. The van der Waals surface area contributed by atoms with Gasteiger partial charge < -0.3 is 10.1 Å². The highest BCUT2D eigenvalue weighted by molar-refractivity contribution is 5.96. The van der Waals surface area contributed by atoms with Crippen LogP contribution in [0.3, 0.4) is 0 Å². The van der Waals surface area contributed by atoms with E-state index in [0.717, 1.165) is 7.11 Å². The number of carbonyl (C=O) groups excluding carboxylic acids is 3. The lowest BCUT2D eigenvalue weighted by atomic mass is 10.00. The number of nitrogens with one attached hydrogen (secondary N) is 1. The van der Waals surface area contributed by atoms with Gasteiger partial charge in [0.15, 0.2) is 0 Å². The van der Waals surface area contributed by atoms with Gasteiger partial charge in [-0.3, -0.25) is 14.4 Å². The minimum absolute atomic E-state index is 0.332. The minimum Gasteiger partial charge on any atom is -0.469 e. The zero-order chi connectivity index (χ0) is 16.8. The van der Waals surface area contributed by atoms with Gasteiger partial charge in [-0.1, -0.05) is 30.3 Å². The van der Waals surface area contributed by atoms with E-state index in [1.165, 1.54) is 12.1 Å². The van der Waals surface area contributed by atoms with Crippen LogP contribution >= 0.6 is 0 Å². The highest BCUT2D eigenvalue weighted by atomic mass is 19.4. The Balaban J connectivity index is 2.86. The van der Waals surface area contributed by atoms with Crippen molar-refractivity contribution in [3.8, 4) is 0 Å². The zero-order valence-corrected chi connectivity index (χ0v) is 11.6. The number of benzene rings is 1. The van der Waals surface area contributed by atoms with E-state index in [2.05, 4.69) is 4.74 Å². The molecule has 1 rings (SSSR count). The van der Waals surface area contributed by atoms with Crippen molar-refractivity contribution in [2.45, 2.75) is 25.1 Å². The molecule has 0 fully saturated rings. The Labute approximate surface area is 124 Å². The number of halogens is 3. The molecule has 0 radical (unpaired) electrons. The van der Waals surface area contributed by atoms with E-state index in [1.54, 1.807) is 23.5 Å². The number of hydrogen-bond acceptors (Lipinski definition) is 4. The molecular weight excluding hydrogens is 303 g/mol. The third-order valence-electron chi connectivity index (χ3n) is 2.77. The summed E-state index contributed by atoms with van der Waals surface area (Å²) in [5.41, 5.74) is 0.332. The summed E-state index contributed by atoms with van der Waals surface area (Å²) >= 11 is 0. The van der Waals surface area contributed by atoms with Crippen molar-refractivity contribution in [2.75, 3.05) is 7.11 Å². The van der Waals surface area contributed by atoms with Crippen molar-refractivity contribution in [1.29, 1.82) is 0 Å². The van der Waals surface area contributed by atoms with Crippen LogP contribution in [0.2, 0.25) is 0 Å². The van der Waals surface area contributed by atoms with E-state index in [4.69, 9.17) is 0 Å². The van der Waals surface area contributed by atoms with Gasteiger partial charge in [0.05, 0.1) is 13.2 Å². The van der Waals surface area contributed by atoms with Crippen LogP contribution in [-0.2, 0) is 19.1 Å². The Hall–Kier alpha value is -2.38. The van der Waals surface area contributed by atoms with Crippen molar-refractivity contribution in [3.63, 3.8) is 0 Å². The van der Waals surface area contributed by atoms with Crippen molar-refractivity contribution in [1.82, 2.24) is 5.32 Å². The van der Waals surface area contributed by atoms with E-state index in [9.17, 15) is 27.6 Å². The number of alkyl halides is 3. The predicted molar refractivity (Wildman–Crippen MR) is 69.6 cm³/mol. The molecule has 1 atom stereocenters. The maximum Gasteiger partial charge on any atom is 0.471 e. The lowest BCUT2D eigenvalue weighted by Gasteiger charge is -2.19. The van der Waals surface area contributed by atoms with Crippen LogP contribution in [0.1, 0.15) is 24.4 Å². The molecule has 5 nitrogen and oxygen atoms in total. The Morgan fingerprint density at radius 2 is 1.77 bits per heavy atom. The van der Waals surface area contributed by atoms with Crippen molar-refractivity contribution < 1.29 is 32.3 Å². The maximum absolute atomic E-state index is 12.4.